The molecule has 3 aromatic heterocycles. The van der Waals surface area contributed by atoms with Crippen molar-refractivity contribution in [2.75, 3.05) is 10.6 Å². The molecule has 0 radical (unpaired) electrons. The monoisotopic (exact) mass is 395 g/mol. The zero-order valence-electron chi connectivity index (χ0n) is 16.8. The van der Waals surface area contributed by atoms with E-state index in [0.29, 0.717) is 23.6 Å². The molecular weight excluding hydrogens is 370 g/mol. The Balaban J connectivity index is 1.34. The lowest BCUT2D eigenvalue weighted by molar-refractivity contribution is 0.321. The molecule has 4 rings (SSSR count). The number of rotatable bonds is 5. The van der Waals surface area contributed by atoms with Crippen LogP contribution >= 0.6 is 0 Å². The molecule has 1 saturated carbocycles. The molecular formula is C20H25N7O2. The molecule has 29 heavy (non-hydrogen) atoms. The highest BCUT2D eigenvalue weighted by Crippen LogP contribution is 2.26. The highest BCUT2D eigenvalue weighted by Gasteiger charge is 2.27. The van der Waals surface area contributed by atoms with Gasteiger partial charge in [0.15, 0.2) is 0 Å². The summed E-state index contributed by atoms with van der Waals surface area (Å²) in [6.07, 6.45) is 6.19. The van der Waals surface area contributed by atoms with Crippen LogP contribution in [0.25, 0.3) is 5.69 Å². The molecule has 9 heteroatoms. The number of pyridine rings is 1. The van der Waals surface area contributed by atoms with E-state index in [1.807, 2.05) is 32.9 Å². The molecule has 1 aliphatic rings. The van der Waals surface area contributed by atoms with Gasteiger partial charge in [0.05, 0.1) is 11.9 Å². The van der Waals surface area contributed by atoms with Crippen molar-refractivity contribution in [2.45, 2.75) is 57.5 Å². The Kier molecular flexibility index (Phi) is 5.04. The molecule has 2 atom stereocenters. The van der Waals surface area contributed by atoms with Gasteiger partial charge in [0.2, 0.25) is 5.89 Å². The molecule has 3 heterocycles. The van der Waals surface area contributed by atoms with Crippen LogP contribution in [0.5, 0.6) is 0 Å². The van der Waals surface area contributed by atoms with Crippen LogP contribution in [-0.2, 0) is 5.41 Å². The van der Waals surface area contributed by atoms with Crippen LogP contribution in [0.3, 0.4) is 0 Å². The third-order valence-corrected chi connectivity index (χ3v) is 4.89. The molecule has 2 N–H and O–H groups in total. The topological polar surface area (TPSA) is 111 Å². The fourth-order valence-electron chi connectivity index (χ4n) is 3.37. The normalized spacial score (nSPS) is 19.3. The number of hydrogen-bond donors (Lipinski definition) is 2. The van der Waals surface area contributed by atoms with E-state index < -0.39 is 0 Å². The summed E-state index contributed by atoms with van der Waals surface area (Å²) in [6, 6.07) is 7.37. The standard InChI is InChI=1S/C20H25N7O2/c1-20(2,3)18-25-19(26-29-18)24-14-7-6-13(11-14)23-16-9-8-15(12-21-16)27-17(28)5-4-10-22-27/h4-5,8-10,12-14H,6-7,11H2,1-3H3,(H,21,23)(H,24,26)/t13-,14-/m0/s1. The summed E-state index contributed by atoms with van der Waals surface area (Å²) >= 11 is 0. The SMILES string of the molecule is CC(C)(C)c1nc(N[C@H]2CC[C@H](Nc3ccc(-n4ncccc4=O)cn3)C2)no1. The van der Waals surface area contributed by atoms with Crippen molar-refractivity contribution in [2.24, 2.45) is 0 Å². The van der Waals surface area contributed by atoms with Crippen molar-refractivity contribution in [3.05, 3.63) is 52.9 Å². The summed E-state index contributed by atoms with van der Waals surface area (Å²) in [5.74, 6) is 1.95. The van der Waals surface area contributed by atoms with E-state index in [1.54, 1.807) is 18.5 Å². The second-order valence-corrected chi connectivity index (χ2v) is 8.34. The molecule has 0 amide bonds. The van der Waals surface area contributed by atoms with E-state index in [2.05, 4.69) is 30.9 Å². The number of hydrogen-bond acceptors (Lipinski definition) is 8. The van der Waals surface area contributed by atoms with Gasteiger partial charge in [-0.15, -0.1) is 0 Å². The smallest absolute Gasteiger partial charge is 0.271 e. The van der Waals surface area contributed by atoms with Gasteiger partial charge in [0.25, 0.3) is 11.5 Å². The average Bonchev–Trinajstić information content (AvgIpc) is 3.33. The Morgan fingerprint density at radius 2 is 1.93 bits per heavy atom. The van der Waals surface area contributed by atoms with Gasteiger partial charge in [0, 0.05) is 29.8 Å². The number of nitrogens with zero attached hydrogens (tertiary/aromatic N) is 5. The van der Waals surface area contributed by atoms with Crippen molar-refractivity contribution in [1.29, 1.82) is 0 Å². The molecule has 0 unspecified atom stereocenters. The first kappa shape index (κ1) is 19.1. The lowest BCUT2D eigenvalue weighted by atomic mass is 9.97. The molecule has 1 fully saturated rings. The van der Waals surface area contributed by atoms with Crippen LogP contribution in [0.15, 0.2) is 46.0 Å². The lowest BCUT2D eigenvalue weighted by Crippen LogP contribution is -2.22. The fourth-order valence-corrected chi connectivity index (χ4v) is 3.37. The zero-order chi connectivity index (χ0) is 20.4. The summed E-state index contributed by atoms with van der Waals surface area (Å²) in [5.41, 5.74) is 0.292. The second-order valence-electron chi connectivity index (χ2n) is 8.34. The van der Waals surface area contributed by atoms with Crippen LogP contribution in [-0.4, -0.2) is 37.0 Å². The van der Waals surface area contributed by atoms with E-state index in [-0.39, 0.29) is 17.0 Å². The van der Waals surface area contributed by atoms with Crippen LogP contribution in [0.2, 0.25) is 0 Å². The Bertz CT molecular complexity index is 1020. The zero-order valence-corrected chi connectivity index (χ0v) is 16.8. The molecule has 0 aliphatic heterocycles. The quantitative estimate of drug-likeness (QED) is 0.678. The molecule has 9 nitrogen and oxygen atoms in total. The minimum Gasteiger partial charge on any atom is -0.367 e. The molecule has 0 spiro atoms. The third-order valence-electron chi connectivity index (χ3n) is 4.89. The van der Waals surface area contributed by atoms with E-state index in [9.17, 15) is 4.79 Å². The van der Waals surface area contributed by atoms with Gasteiger partial charge in [0.1, 0.15) is 5.82 Å². The first-order valence-corrected chi connectivity index (χ1v) is 9.76. The minimum absolute atomic E-state index is 0.162. The van der Waals surface area contributed by atoms with Crippen molar-refractivity contribution in [3.8, 4) is 5.69 Å². The lowest BCUT2D eigenvalue weighted by Gasteiger charge is -2.15. The summed E-state index contributed by atoms with van der Waals surface area (Å²) in [5, 5.41) is 14.9. The maximum atomic E-state index is 11.9. The highest BCUT2D eigenvalue weighted by atomic mass is 16.5. The molecule has 152 valence electrons. The first-order chi connectivity index (χ1) is 13.9. The number of nitrogens with one attached hydrogen (secondary N) is 2. The highest BCUT2D eigenvalue weighted by molar-refractivity contribution is 5.41. The first-order valence-electron chi connectivity index (χ1n) is 9.76. The van der Waals surface area contributed by atoms with E-state index >= 15 is 0 Å². The third kappa shape index (κ3) is 4.44. The Morgan fingerprint density at radius 3 is 2.59 bits per heavy atom. The van der Waals surface area contributed by atoms with Crippen LogP contribution in [0, 0.1) is 0 Å². The van der Waals surface area contributed by atoms with Gasteiger partial charge in [-0.25, -0.2) is 4.98 Å². The maximum Gasteiger partial charge on any atom is 0.271 e. The van der Waals surface area contributed by atoms with Gasteiger partial charge < -0.3 is 15.2 Å². The number of aromatic nitrogens is 5. The summed E-state index contributed by atoms with van der Waals surface area (Å²) < 4.78 is 6.66. The summed E-state index contributed by atoms with van der Waals surface area (Å²) in [4.78, 5) is 20.7. The molecule has 1 aliphatic carbocycles. The van der Waals surface area contributed by atoms with Gasteiger partial charge in [-0.1, -0.05) is 20.8 Å². The van der Waals surface area contributed by atoms with Crippen LogP contribution in [0.4, 0.5) is 11.8 Å². The van der Waals surface area contributed by atoms with Crippen molar-refractivity contribution in [3.63, 3.8) is 0 Å². The average molecular weight is 395 g/mol. The Morgan fingerprint density at radius 1 is 1.14 bits per heavy atom. The van der Waals surface area contributed by atoms with Crippen molar-refractivity contribution >= 4 is 11.8 Å². The van der Waals surface area contributed by atoms with E-state index in [1.165, 1.54) is 10.7 Å². The van der Waals surface area contributed by atoms with Gasteiger partial charge in [-0.2, -0.15) is 14.8 Å². The van der Waals surface area contributed by atoms with Gasteiger partial charge >= 0.3 is 0 Å². The fraction of sp³-hybridized carbons (Fsp3) is 0.450. The van der Waals surface area contributed by atoms with Crippen molar-refractivity contribution < 1.29 is 4.52 Å². The molecule has 0 aromatic carbocycles. The second kappa shape index (κ2) is 7.65. The Hall–Kier alpha value is -3.23. The molecule has 0 saturated heterocycles. The predicted molar refractivity (Wildman–Crippen MR) is 109 cm³/mol. The molecule has 0 bridgehead atoms. The van der Waals surface area contributed by atoms with E-state index in [0.717, 1.165) is 25.1 Å². The van der Waals surface area contributed by atoms with Crippen LogP contribution in [0.1, 0.15) is 45.9 Å². The van der Waals surface area contributed by atoms with Gasteiger partial charge in [-0.05, 0) is 42.6 Å². The summed E-state index contributed by atoms with van der Waals surface area (Å²) in [6.45, 7) is 6.13. The number of anilines is 2. The van der Waals surface area contributed by atoms with Crippen molar-refractivity contribution in [1.82, 2.24) is 24.9 Å². The largest absolute Gasteiger partial charge is 0.367 e. The maximum absolute atomic E-state index is 11.9. The Labute approximate surface area is 168 Å². The van der Waals surface area contributed by atoms with Crippen LogP contribution < -0.4 is 16.2 Å². The minimum atomic E-state index is -0.184. The predicted octanol–water partition coefficient (Wildman–Crippen LogP) is 2.75. The van der Waals surface area contributed by atoms with Gasteiger partial charge in [-0.3, -0.25) is 4.79 Å². The van der Waals surface area contributed by atoms with E-state index in [4.69, 9.17) is 4.52 Å². The summed E-state index contributed by atoms with van der Waals surface area (Å²) in [7, 11) is 0. The molecule has 3 aromatic rings.